The van der Waals surface area contributed by atoms with Crippen molar-refractivity contribution in [1.29, 1.82) is 0 Å². The summed E-state index contributed by atoms with van der Waals surface area (Å²) in [4.78, 5) is 56.8. The Balaban J connectivity index is 1.83. The van der Waals surface area contributed by atoms with Crippen LogP contribution in [0.25, 0.3) is 6.08 Å². The van der Waals surface area contributed by atoms with Crippen LogP contribution in [0.1, 0.15) is 47.9 Å². The highest BCUT2D eigenvalue weighted by atomic mass is 16.5. The first kappa shape index (κ1) is 31.2. The first-order valence-corrected chi connectivity index (χ1v) is 14.3. The molecule has 0 spiro atoms. The van der Waals surface area contributed by atoms with Crippen LogP contribution in [0.15, 0.2) is 91.1 Å². The standard InChI is InChI=1S/C34H38N4O5/c1-5-22(2)29(38(3)4)34(42)37-28-31(25-14-10-7-11-15-25)43-26-18-16-23(17-19-26)20-21-35-32(40)27(36-33(28)41)30(39)24-12-8-6-9-13-24/h6-22,27-29,31H,5H2,1-4H3,(H,35,40)(H,36,41)(H,37,42). The fraction of sp³-hybridized carbons (Fsp3) is 0.294. The second-order valence-corrected chi connectivity index (χ2v) is 10.8. The Morgan fingerprint density at radius 2 is 1.53 bits per heavy atom. The number of carbonyl (C=O) groups is 4. The second-order valence-electron chi connectivity index (χ2n) is 10.8. The molecule has 0 radical (unpaired) electrons. The first-order chi connectivity index (χ1) is 20.7. The Hall–Kier alpha value is -4.76. The normalized spacial score (nSPS) is 20.3. The molecule has 2 bridgehead atoms. The second kappa shape index (κ2) is 14.4. The van der Waals surface area contributed by atoms with E-state index in [1.54, 1.807) is 72.8 Å². The van der Waals surface area contributed by atoms with Crippen LogP contribution in [0.5, 0.6) is 5.75 Å². The van der Waals surface area contributed by atoms with Crippen molar-refractivity contribution in [3.63, 3.8) is 0 Å². The van der Waals surface area contributed by atoms with Crippen LogP contribution in [0.4, 0.5) is 0 Å². The third kappa shape index (κ3) is 7.75. The third-order valence-corrected chi connectivity index (χ3v) is 7.53. The number of amides is 3. The highest BCUT2D eigenvalue weighted by Crippen LogP contribution is 2.27. The molecule has 3 aromatic rings. The fourth-order valence-corrected chi connectivity index (χ4v) is 5.07. The molecule has 5 rings (SSSR count). The Kier molecular flexibility index (Phi) is 10.5. The van der Waals surface area contributed by atoms with Crippen molar-refractivity contribution in [2.75, 3.05) is 14.1 Å². The molecule has 0 aliphatic carbocycles. The third-order valence-electron chi connectivity index (χ3n) is 7.53. The number of nitrogens with zero attached hydrogens (tertiary/aromatic N) is 1. The van der Waals surface area contributed by atoms with Gasteiger partial charge >= 0.3 is 0 Å². The Labute approximate surface area is 252 Å². The number of likely N-dealkylation sites (N-methyl/N-ethyl adjacent to an activating group) is 1. The maximum Gasteiger partial charge on any atom is 0.254 e. The van der Waals surface area contributed by atoms with Crippen LogP contribution < -0.4 is 20.7 Å². The summed E-state index contributed by atoms with van der Waals surface area (Å²) in [6.07, 6.45) is 2.83. The smallest absolute Gasteiger partial charge is 0.254 e. The first-order valence-electron chi connectivity index (χ1n) is 14.3. The molecule has 2 aliphatic rings. The summed E-state index contributed by atoms with van der Waals surface area (Å²) in [6.45, 7) is 3.96. The average molecular weight is 583 g/mol. The van der Waals surface area contributed by atoms with Gasteiger partial charge in [0, 0.05) is 11.8 Å². The fourth-order valence-electron chi connectivity index (χ4n) is 5.07. The van der Waals surface area contributed by atoms with Gasteiger partial charge in [0.05, 0.1) is 6.04 Å². The zero-order valence-electron chi connectivity index (χ0n) is 24.8. The number of benzene rings is 3. The molecule has 3 amide bonds. The summed E-state index contributed by atoms with van der Waals surface area (Å²) in [5.41, 5.74) is 1.66. The van der Waals surface area contributed by atoms with Crippen molar-refractivity contribution in [3.05, 3.63) is 108 Å². The highest BCUT2D eigenvalue weighted by molar-refractivity contribution is 6.15. The van der Waals surface area contributed by atoms with Gasteiger partial charge < -0.3 is 20.7 Å². The van der Waals surface area contributed by atoms with Gasteiger partial charge in [-0.3, -0.25) is 24.1 Å². The topological polar surface area (TPSA) is 117 Å². The van der Waals surface area contributed by atoms with E-state index in [0.717, 1.165) is 12.0 Å². The minimum Gasteiger partial charge on any atom is -0.483 e. The molecule has 0 aromatic heterocycles. The molecule has 3 N–H and O–H groups in total. The molecule has 5 unspecified atom stereocenters. The van der Waals surface area contributed by atoms with Crippen molar-refractivity contribution in [1.82, 2.24) is 20.9 Å². The van der Waals surface area contributed by atoms with Crippen molar-refractivity contribution < 1.29 is 23.9 Å². The number of fused-ring (bicyclic) bond motifs is 10. The van der Waals surface area contributed by atoms with Crippen molar-refractivity contribution in [3.8, 4) is 5.75 Å². The molecular formula is C34H38N4O5. The van der Waals surface area contributed by atoms with Crippen LogP contribution in [0, 0.1) is 5.92 Å². The van der Waals surface area contributed by atoms with Gasteiger partial charge in [-0.1, -0.05) is 93.1 Å². The van der Waals surface area contributed by atoms with Gasteiger partial charge in [-0.05, 0) is 49.3 Å². The number of hydrogen-bond acceptors (Lipinski definition) is 6. The SMILES string of the molecule is CCC(C)C(C(=O)NC1C(=O)NC(C(=O)c2ccccc2)C(=O)NC=Cc2ccc(cc2)OC1c1ccccc1)N(C)C. The summed E-state index contributed by atoms with van der Waals surface area (Å²) in [5.74, 6) is -1.99. The Morgan fingerprint density at radius 1 is 0.907 bits per heavy atom. The minimum atomic E-state index is -1.57. The van der Waals surface area contributed by atoms with Crippen LogP contribution in [0.3, 0.4) is 0 Å². The average Bonchev–Trinajstić information content (AvgIpc) is 3.02. The number of rotatable bonds is 8. The summed E-state index contributed by atoms with van der Waals surface area (Å²) >= 11 is 0. The van der Waals surface area contributed by atoms with Crippen molar-refractivity contribution in [2.45, 2.75) is 44.5 Å². The molecule has 9 nitrogen and oxygen atoms in total. The monoisotopic (exact) mass is 582 g/mol. The molecule has 3 aromatic carbocycles. The molecule has 224 valence electrons. The van der Waals surface area contributed by atoms with Gasteiger partial charge in [-0.2, -0.15) is 0 Å². The van der Waals surface area contributed by atoms with E-state index in [1.807, 2.05) is 51.0 Å². The van der Waals surface area contributed by atoms with Gasteiger partial charge in [0.2, 0.25) is 11.8 Å². The lowest BCUT2D eigenvalue weighted by atomic mass is 9.95. The number of Topliss-reactive ketones (excluding diaryl/α,β-unsaturated/α-hetero) is 1. The quantitative estimate of drug-likeness (QED) is 0.275. The van der Waals surface area contributed by atoms with Crippen molar-refractivity contribution in [2.24, 2.45) is 5.92 Å². The van der Waals surface area contributed by atoms with Crippen LogP contribution in [-0.2, 0) is 14.4 Å². The molecule has 43 heavy (non-hydrogen) atoms. The van der Waals surface area contributed by atoms with E-state index < -0.39 is 41.8 Å². The summed E-state index contributed by atoms with van der Waals surface area (Å²) < 4.78 is 6.42. The summed E-state index contributed by atoms with van der Waals surface area (Å²) in [7, 11) is 3.62. The number of hydrogen-bond donors (Lipinski definition) is 3. The van der Waals surface area contributed by atoms with E-state index in [4.69, 9.17) is 4.74 Å². The van der Waals surface area contributed by atoms with Gasteiger partial charge in [-0.15, -0.1) is 0 Å². The molecule has 5 atom stereocenters. The zero-order valence-corrected chi connectivity index (χ0v) is 24.8. The maximum atomic E-state index is 14.2. The largest absolute Gasteiger partial charge is 0.483 e. The number of nitrogens with one attached hydrogen (secondary N) is 3. The summed E-state index contributed by atoms with van der Waals surface area (Å²) in [6, 6.07) is 21.0. The van der Waals surface area contributed by atoms with E-state index in [2.05, 4.69) is 16.0 Å². The number of ether oxygens (including phenoxy) is 1. The molecule has 2 aliphatic heterocycles. The Bertz CT molecular complexity index is 1440. The van der Waals surface area contributed by atoms with Gasteiger partial charge in [0.25, 0.3) is 5.91 Å². The van der Waals surface area contributed by atoms with Gasteiger partial charge in [0.1, 0.15) is 11.8 Å². The maximum absolute atomic E-state index is 14.2. The zero-order chi connectivity index (χ0) is 30.9. The molecule has 0 saturated carbocycles. The Morgan fingerprint density at radius 3 is 2.14 bits per heavy atom. The van der Waals surface area contributed by atoms with E-state index >= 15 is 0 Å². The lowest BCUT2D eigenvalue weighted by Crippen LogP contribution is -2.60. The number of ketones is 1. The van der Waals surface area contributed by atoms with Crippen molar-refractivity contribution >= 4 is 29.6 Å². The highest BCUT2D eigenvalue weighted by Gasteiger charge is 2.39. The van der Waals surface area contributed by atoms with E-state index in [1.165, 1.54) is 6.20 Å². The molecule has 0 fully saturated rings. The molecule has 9 heteroatoms. The minimum absolute atomic E-state index is 0.0230. The van der Waals surface area contributed by atoms with E-state index in [0.29, 0.717) is 11.3 Å². The van der Waals surface area contributed by atoms with Gasteiger partial charge in [0.15, 0.2) is 17.9 Å². The number of carbonyl (C=O) groups excluding carboxylic acids is 4. The molecular weight excluding hydrogens is 544 g/mol. The van der Waals surface area contributed by atoms with Gasteiger partial charge in [-0.25, -0.2) is 0 Å². The lowest BCUT2D eigenvalue weighted by molar-refractivity contribution is -0.135. The van der Waals surface area contributed by atoms with Crippen LogP contribution in [0.2, 0.25) is 0 Å². The van der Waals surface area contributed by atoms with E-state index in [-0.39, 0.29) is 17.4 Å². The van der Waals surface area contributed by atoms with Crippen LogP contribution >= 0.6 is 0 Å². The predicted molar refractivity (Wildman–Crippen MR) is 165 cm³/mol. The molecule has 2 heterocycles. The van der Waals surface area contributed by atoms with E-state index in [9.17, 15) is 19.2 Å². The van der Waals surface area contributed by atoms with Crippen LogP contribution in [-0.4, -0.2) is 60.6 Å². The predicted octanol–water partition coefficient (Wildman–Crippen LogP) is 3.74. The summed E-state index contributed by atoms with van der Waals surface area (Å²) in [5, 5.41) is 8.18. The molecule has 0 saturated heterocycles. The lowest BCUT2D eigenvalue weighted by Gasteiger charge is -2.33.